The number of ether oxygens (including phenoxy) is 2. The number of alkyl carbamates (subject to hydrolysis) is 1. The van der Waals surface area contributed by atoms with Crippen LogP contribution in [0.5, 0.6) is 0 Å². The van der Waals surface area contributed by atoms with Gasteiger partial charge in [-0.05, 0) is 38.7 Å². The Morgan fingerprint density at radius 3 is 2.89 bits per heavy atom. The molecule has 11 nitrogen and oxygen atoms in total. The molecule has 3 atom stereocenters. The summed E-state index contributed by atoms with van der Waals surface area (Å²) in [5.41, 5.74) is 1.81. The fourth-order valence-electron chi connectivity index (χ4n) is 5.05. The van der Waals surface area contributed by atoms with Crippen molar-refractivity contribution in [2.24, 2.45) is 0 Å². The number of H-pyrrole nitrogens is 1. The summed E-state index contributed by atoms with van der Waals surface area (Å²) in [7, 11) is 0. The number of hydrogen-bond acceptors (Lipinski definition) is 8. The second-order valence-corrected chi connectivity index (χ2v) is 10.5. The van der Waals surface area contributed by atoms with E-state index >= 15 is 4.39 Å². The van der Waals surface area contributed by atoms with Gasteiger partial charge in [-0.3, -0.25) is 14.4 Å². The standard InChI is InChI=1S/C24H29F3N8O3/c1-24(5-6-24)31-23(36)38-17-3-2-15(20(17)25)16-8-18(33-32-16)30-22-28-7-4-19-29-13(10-35(19)22)9-34-11-14(12-34)37-21(26)27/h4,7-8,10,14-15,17,20-21H,2-3,5-6,9,11-12H2,1H3,(H,31,36)(H2,28,30,32,33)/t15-,17-,20+/m1/s1. The van der Waals surface area contributed by atoms with Crippen molar-refractivity contribution in [2.75, 3.05) is 18.4 Å². The average Bonchev–Trinajstić information content (AvgIpc) is 3.19. The topological polar surface area (TPSA) is 122 Å². The maximum atomic E-state index is 15.2. The SMILES string of the molecule is CC1(NC(=O)O[C@@H]2CC[C@H](c3cc(Nc4nccc5nc(CN6CC(OC(F)F)C6)cn45)n[nH]3)[C@@H]2F)CC1. The van der Waals surface area contributed by atoms with Crippen LogP contribution in [-0.2, 0) is 16.0 Å². The van der Waals surface area contributed by atoms with Crippen LogP contribution < -0.4 is 10.6 Å². The Labute approximate surface area is 216 Å². The van der Waals surface area contributed by atoms with Crippen LogP contribution in [0.15, 0.2) is 24.5 Å². The van der Waals surface area contributed by atoms with Gasteiger partial charge >= 0.3 is 12.7 Å². The molecule has 0 spiro atoms. The second kappa shape index (κ2) is 9.73. The van der Waals surface area contributed by atoms with Crippen LogP contribution in [-0.4, -0.2) is 79.2 Å². The fourth-order valence-corrected chi connectivity index (χ4v) is 5.05. The lowest BCUT2D eigenvalue weighted by Gasteiger charge is -2.37. The normalized spacial score (nSPS) is 25.0. The first-order valence-corrected chi connectivity index (χ1v) is 12.7. The van der Waals surface area contributed by atoms with Crippen molar-refractivity contribution < 1.29 is 27.4 Å². The van der Waals surface area contributed by atoms with Gasteiger partial charge in [-0.25, -0.2) is 19.2 Å². The van der Waals surface area contributed by atoms with Gasteiger partial charge in [0.2, 0.25) is 5.95 Å². The Kier molecular flexibility index (Phi) is 6.38. The predicted molar refractivity (Wildman–Crippen MR) is 129 cm³/mol. The summed E-state index contributed by atoms with van der Waals surface area (Å²) in [5, 5.41) is 13.1. The summed E-state index contributed by atoms with van der Waals surface area (Å²) in [6.07, 6.45) is 3.02. The number of aromatic amines is 1. The fraction of sp³-hybridized carbons (Fsp3) is 0.583. The zero-order valence-electron chi connectivity index (χ0n) is 20.7. The van der Waals surface area contributed by atoms with E-state index in [0.717, 1.165) is 18.5 Å². The summed E-state index contributed by atoms with van der Waals surface area (Å²) < 4.78 is 51.5. The molecule has 2 aliphatic carbocycles. The molecule has 3 N–H and O–H groups in total. The van der Waals surface area contributed by atoms with Crippen molar-refractivity contribution in [1.29, 1.82) is 0 Å². The predicted octanol–water partition coefficient (Wildman–Crippen LogP) is 3.48. The number of aromatic nitrogens is 5. The smallest absolute Gasteiger partial charge is 0.407 e. The van der Waals surface area contributed by atoms with Gasteiger partial charge in [0.25, 0.3) is 0 Å². The van der Waals surface area contributed by atoms with Gasteiger partial charge in [0.15, 0.2) is 5.82 Å². The highest BCUT2D eigenvalue weighted by atomic mass is 19.3. The van der Waals surface area contributed by atoms with E-state index in [4.69, 9.17) is 4.74 Å². The largest absolute Gasteiger partial charge is 0.443 e. The van der Waals surface area contributed by atoms with Crippen molar-refractivity contribution in [3.63, 3.8) is 0 Å². The first kappa shape index (κ1) is 24.9. The Hall–Kier alpha value is -3.39. The van der Waals surface area contributed by atoms with Gasteiger partial charge in [0, 0.05) is 55.2 Å². The zero-order valence-corrected chi connectivity index (χ0v) is 20.7. The van der Waals surface area contributed by atoms with Crippen LogP contribution >= 0.6 is 0 Å². The van der Waals surface area contributed by atoms with Gasteiger partial charge in [-0.1, -0.05) is 0 Å². The number of likely N-dealkylation sites (tertiary alicyclic amines) is 1. The molecule has 38 heavy (non-hydrogen) atoms. The van der Waals surface area contributed by atoms with E-state index in [1.165, 1.54) is 0 Å². The van der Waals surface area contributed by atoms with Crippen LogP contribution in [0.1, 0.15) is 49.9 Å². The summed E-state index contributed by atoms with van der Waals surface area (Å²) >= 11 is 0. The van der Waals surface area contributed by atoms with Crippen LogP contribution in [0, 0.1) is 0 Å². The van der Waals surface area contributed by atoms with Crippen LogP contribution in [0.4, 0.5) is 29.7 Å². The molecule has 0 aromatic carbocycles. The molecule has 6 rings (SSSR count). The number of fused-ring (bicyclic) bond motifs is 1. The Bertz CT molecular complexity index is 1310. The number of carbonyl (C=O) groups is 1. The minimum absolute atomic E-state index is 0.221. The number of nitrogens with zero attached hydrogens (tertiary/aromatic N) is 5. The number of nitrogens with one attached hydrogen (secondary N) is 3. The molecule has 0 unspecified atom stereocenters. The van der Waals surface area contributed by atoms with E-state index in [9.17, 15) is 13.6 Å². The first-order valence-electron chi connectivity index (χ1n) is 12.7. The van der Waals surface area contributed by atoms with Gasteiger partial charge in [-0.2, -0.15) is 13.9 Å². The van der Waals surface area contributed by atoms with Crippen molar-refractivity contribution in [3.05, 3.63) is 35.9 Å². The lowest BCUT2D eigenvalue weighted by molar-refractivity contribution is -0.197. The number of alkyl halides is 3. The Morgan fingerprint density at radius 1 is 1.32 bits per heavy atom. The molecule has 0 bridgehead atoms. The number of anilines is 2. The van der Waals surface area contributed by atoms with E-state index in [-0.39, 0.29) is 5.54 Å². The lowest BCUT2D eigenvalue weighted by Crippen LogP contribution is -2.52. The summed E-state index contributed by atoms with van der Waals surface area (Å²) in [6.45, 7) is 0.514. The highest BCUT2D eigenvalue weighted by molar-refractivity contribution is 5.69. The van der Waals surface area contributed by atoms with E-state index in [1.807, 2.05) is 18.0 Å². The highest BCUT2D eigenvalue weighted by Crippen LogP contribution is 2.39. The molecule has 1 saturated heterocycles. The molecule has 0 radical (unpaired) electrons. The van der Waals surface area contributed by atoms with Crippen LogP contribution in [0.3, 0.4) is 0 Å². The molecule has 2 saturated carbocycles. The minimum atomic E-state index is -2.76. The third-order valence-electron chi connectivity index (χ3n) is 7.44. The van der Waals surface area contributed by atoms with Crippen molar-refractivity contribution in [1.82, 2.24) is 34.8 Å². The number of hydrogen-bond donors (Lipinski definition) is 3. The summed E-state index contributed by atoms with van der Waals surface area (Å²) in [5.74, 6) is 0.461. The molecule has 3 aromatic rings. The monoisotopic (exact) mass is 534 g/mol. The third kappa shape index (κ3) is 5.27. The van der Waals surface area contributed by atoms with Gasteiger partial charge in [-0.15, -0.1) is 0 Å². The molecule has 3 fully saturated rings. The average molecular weight is 535 g/mol. The molecule has 204 valence electrons. The molecule has 1 amide bonds. The van der Waals surface area contributed by atoms with Gasteiger partial charge < -0.3 is 20.1 Å². The maximum Gasteiger partial charge on any atom is 0.407 e. The number of rotatable bonds is 9. The summed E-state index contributed by atoms with van der Waals surface area (Å²) in [6, 6.07) is 3.49. The number of amides is 1. The highest BCUT2D eigenvalue weighted by Gasteiger charge is 2.43. The number of imidazole rings is 1. The van der Waals surface area contributed by atoms with Crippen molar-refractivity contribution in [2.45, 2.75) is 75.6 Å². The first-order chi connectivity index (χ1) is 18.2. The molecule has 14 heteroatoms. The van der Waals surface area contributed by atoms with E-state index < -0.39 is 37.0 Å². The number of halogens is 3. The maximum absolute atomic E-state index is 15.2. The minimum Gasteiger partial charge on any atom is -0.443 e. The quantitative estimate of drug-likeness (QED) is 0.382. The van der Waals surface area contributed by atoms with E-state index in [0.29, 0.717) is 55.6 Å². The van der Waals surface area contributed by atoms with Gasteiger partial charge in [0.1, 0.15) is 17.9 Å². The molecule has 3 aliphatic rings. The Balaban J connectivity index is 1.07. The third-order valence-corrected chi connectivity index (χ3v) is 7.44. The van der Waals surface area contributed by atoms with Crippen LogP contribution in [0.2, 0.25) is 0 Å². The molecular weight excluding hydrogens is 505 g/mol. The molecule has 4 heterocycles. The summed E-state index contributed by atoms with van der Waals surface area (Å²) in [4.78, 5) is 23.0. The number of carbonyl (C=O) groups excluding carboxylic acids is 1. The molecule has 1 aliphatic heterocycles. The molecular formula is C24H29F3N8O3. The second-order valence-electron chi connectivity index (χ2n) is 10.5. The van der Waals surface area contributed by atoms with Gasteiger partial charge in [0.05, 0.1) is 11.8 Å². The van der Waals surface area contributed by atoms with Crippen molar-refractivity contribution in [3.8, 4) is 0 Å². The van der Waals surface area contributed by atoms with E-state index in [1.54, 1.807) is 22.7 Å². The Morgan fingerprint density at radius 2 is 2.13 bits per heavy atom. The lowest BCUT2D eigenvalue weighted by atomic mass is 10.0. The molecule has 3 aromatic heterocycles. The van der Waals surface area contributed by atoms with E-state index in [2.05, 4.69) is 35.5 Å². The zero-order chi connectivity index (χ0) is 26.4. The van der Waals surface area contributed by atoms with Crippen LogP contribution in [0.25, 0.3) is 5.65 Å². The van der Waals surface area contributed by atoms with Crippen molar-refractivity contribution >= 4 is 23.5 Å².